The molecule has 0 aliphatic carbocycles. The zero-order valence-electron chi connectivity index (χ0n) is 2.88. The molecule has 0 bridgehead atoms. The Morgan fingerprint density at radius 1 is 2.00 bits per heavy atom. The predicted octanol–water partition coefficient (Wildman–Crippen LogP) is -0.635. The molecular formula is C2H2N3O-. The van der Waals surface area contributed by atoms with Gasteiger partial charge in [0, 0.05) is 0 Å². The van der Waals surface area contributed by atoms with Gasteiger partial charge < -0.3 is 10.9 Å². The van der Waals surface area contributed by atoms with Crippen molar-refractivity contribution >= 4 is 5.84 Å². The molecule has 0 aliphatic heterocycles. The first kappa shape index (κ1) is 4.76. The van der Waals surface area contributed by atoms with Gasteiger partial charge in [-0.25, -0.2) is 0 Å². The lowest BCUT2D eigenvalue weighted by Crippen LogP contribution is -2.05. The molecule has 4 nitrogen and oxygen atoms in total. The Morgan fingerprint density at radius 3 is 2.50 bits per heavy atom. The van der Waals surface area contributed by atoms with Crippen LogP contribution in [0.5, 0.6) is 0 Å². The van der Waals surface area contributed by atoms with Gasteiger partial charge in [0.2, 0.25) is 0 Å². The normalized spacial score (nSPS) is 10.2. The van der Waals surface area contributed by atoms with Gasteiger partial charge in [-0.05, 0) is 0 Å². The smallest absolute Gasteiger partial charge is 0.194 e. The van der Waals surface area contributed by atoms with E-state index in [1.54, 1.807) is 0 Å². The average molecular weight is 84.1 g/mol. The zero-order valence-corrected chi connectivity index (χ0v) is 2.88. The maximum absolute atomic E-state index is 9.10. The van der Waals surface area contributed by atoms with E-state index in [0.717, 1.165) is 0 Å². The van der Waals surface area contributed by atoms with Crippen LogP contribution in [0, 0.1) is 16.5 Å². The standard InChI is InChI=1S/C2H3N3O/c3-1-2(4)5-6/h6H,(H2,4,5)/p-1. The van der Waals surface area contributed by atoms with Gasteiger partial charge in [0.25, 0.3) is 0 Å². The van der Waals surface area contributed by atoms with Crippen molar-refractivity contribution in [3.63, 3.8) is 0 Å². The summed E-state index contributed by atoms with van der Waals surface area (Å²) in [7, 11) is 0. The number of hydrogen-bond donors (Lipinski definition) is 1. The summed E-state index contributed by atoms with van der Waals surface area (Å²) in [5, 5.41) is 18.8. The highest BCUT2D eigenvalue weighted by atomic mass is 16.4. The topological polar surface area (TPSA) is 85.2 Å². The van der Waals surface area contributed by atoms with Crippen molar-refractivity contribution in [1.82, 2.24) is 0 Å². The third-order valence-corrected chi connectivity index (χ3v) is 0.213. The van der Waals surface area contributed by atoms with E-state index in [9.17, 15) is 0 Å². The van der Waals surface area contributed by atoms with E-state index < -0.39 is 5.84 Å². The van der Waals surface area contributed by atoms with Gasteiger partial charge in [-0.2, -0.15) is 5.26 Å². The largest absolute Gasteiger partial charge is 0.790 e. The Hall–Kier alpha value is -1.24. The Bertz CT molecular complexity index is 99.9. The molecule has 32 valence electrons. The second-order valence-corrected chi connectivity index (χ2v) is 0.588. The number of nitrogens with zero attached hydrogens (tertiary/aromatic N) is 2. The lowest BCUT2D eigenvalue weighted by atomic mass is 10.7. The fraction of sp³-hybridized carbons (Fsp3) is 0. The van der Waals surface area contributed by atoms with E-state index in [1.165, 1.54) is 6.07 Å². The quantitative estimate of drug-likeness (QED) is 0.241. The van der Waals surface area contributed by atoms with Crippen molar-refractivity contribution in [3.8, 4) is 6.07 Å². The van der Waals surface area contributed by atoms with Gasteiger partial charge in [-0.1, -0.05) is 0 Å². The Morgan fingerprint density at radius 2 is 2.50 bits per heavy atom. The predicted molar refractivity (Wildman–Crippen MR) is 20.6 cm³/mol. The number of rotatable bonds is 0. The molecule has 0 aliphatic rings. The Kier molecular flexibility index (Phi) is 1.61. The van der Waals surface area contributed by atoms with Crippen LogP contribution in [0.15, 0.2) is 5.16 Å². The minimum Gasteiger partial charge on any atom is -0.790 e. The van der Waals surface area contributed by atoms with Crippen LogP contribution >= 0.6 is 0 Å². The molecule has 0 atom stereocenters. The van der Waals surface area contributed by atoms with Crippen molar-refractivity contribution < 1.29 is 0 Å². The summed E-state index contributed by atoms with van der Waals surface area (Å²) >= 11 is 0. The van der Waals surface area contributed by atoms with E-state index in [2.05, 4.69) is 10.9 Å². The van der Waals surface area contributed by atoms with Crippen molar-refractivity contribution in [2.75, 3.05) is 0 Å². The average Bonchev–Trinajstić information content (AvgIpc) is 1.65. The van der Waals surface area contributed by atoms with Gasteiger partial charge in [0.15, 0.2) is 5.84 Å². The van der Waals surface area contributed by atoms with Gasteiger partial charge in [-0.15, -0.1) is 0 Å². The summed E-state index contributed by atoms with van der Waals surface area (Å²) in [6.07, 6.45) is 0. The molecule has 0 spiro atoms. The van der Waals surface area contributed by atoms with Gasteiger partial charge in [0.1, 0.15) is 6.07 Å². The number of nitrogens with two attached hydrogens (primary N) is 1. The fourth-order valence-electron chi connectivity index (χ4n) is 0.0204. The van der Waals surface area contributed by atoms with E-state index in [4.69, 9.17) is 10.5 Å². The molecule has 0 amide bonds. The summed E-state index contributed by atoms with van der Waals surface area (Å²) in [6, 6.07) is 1.33. The third kappa shape index (κ3) is 1.12. The highest BCUT2D eigenvalue weighted by molar-refractivity contribution is 5.95. The lowest BCUT2D eigenvalue weighted by Gasteiger charge is -1.85. The summed E-state index contributed by atoms with van der Waals surface area (Å²) in [4.78, 5) is 0. The van der Waals surface area contributed by atoms with Crippen LogP contribution in [0.3, 0.4) is 0 Å². The van der Waals surface area contributed by atoms with Crippen LogP contribution in [0.1, 0.15) is 0 Å². The molecule has 0 saturated carbocycles. The van der Waals surface area contributed by atoms with E-state index in [-0.39, 0.29) is 0 Å². The van der Waals surface area contributed by atoms with Crippen molar-refractivity contribution in [3.05, 3.63) is 5.21 Å². The first-order valence-corrected chi connectivity index (χ1v) is 1.17. The highest BCUT2D eigenvalue weighted by Gasteiger charge is 1.71. The van der Waals surface area contributed by atoms with Crippen molar-refractivity contribution in [2.45, 2.75) is 0 Å². The molecule has 0 unspecified atom stereocenters. The van der Waals surface area contributed by atoms with Crippen LogP contribution in [0.2, 0.25) is 0 Å². The minimum absolute atomic E-state index is 0.532. The van der Waals surface area contributed by atoms with E-state index in [1.807, 2.05) is 0 Å². The van der Waals surface area contributed by atoms with E-state index in [0.29, 0.717) is 0 Å². The number of hydrogen-bond acceptors (Lipinski definition) is 3. The molecule has 0 aromatic carbocycles. The SMILES string of the molecule is N#C/C(N)=N\[O-]. The van der Waals surface area contributed by atoms with Gasteiger partial charge in [-0.3, -0.25) is 5.16 Å². The molecular weight excluding hydrogens is 82.0 g/mol. The molecule has 6 heavy (non-hydrogen) atoms. The van der Waals surface area contributed by atoms with Crippen molar-refractivity contribution in [2.24, 2.45) is 10.9 Å². The molecule has 0 saturated heterocycles. The summed E-state index contributed by atoms with van der Waals surface area (Å²) < 4.78 is 0. The van der Waals surface area contributed by atoms with Crippen LogP contribution in [0.25, 0.3) is 0 Å². The molecule has 0 radical (unpaired) electrons. The van der Waals surface area contributed by atoms with Crippen LogP contribution in [-0.2, 0) is 0 Å². The first-order chi connectivity index (χ1) is 2.81. The molecule has 0 heterocycles. The summed E-state index contributed by atoms with van der Waals surface area (Å²) in [5.41, 5.74) is 4.55. The number of amidine groups is 1. The molecule has 0 rings (SSSR count). The van der Waals surface area contributed by atoms with Gasteiger partial charge >= 0.3 is 0 Å². The minimum atomic E-state index is -0.532. The first-order valence-electron chi connectivity index (χ1n) is 1.17. The van der Waals surface area contributed by atoms with Crippen molar-refractivity contribution in [1.29, 1.82) is 5.26 Å². The van der Waals surface area contributed by atoms with Crippen LogP contribution < -0.4 is 5.73 Å². The second kappa shape index (κ2) is 2.03. The molecule has 2 N–H and O–H groups in total. The monoisotopic (exact) mass is 84.0 g/mol. The van der Waals surface area contributed by atoms with Crippen LogP contribution in [0.4, 0.5) is 0 Å². The molecule has 0 fully saturated rings. The zero-order chi connectivity index (χ0) is 4.99. The summed E-state index contributed by atoms with van der Waals surface area (Å²) in [6.45, 7) is 0. The van der Waals surface area contributed by atoms with Crippen LogP contribution in [-0.4, -0.2) is 5.84 Å². The maximum Gasteiger partial charge on any atom is 0.194 e. The lowest BCUT2D eigenvalue weighted by molar-refractivity contribution is 1.49. The Labute approximate surface area is 34.5 Å². The van der Waals surface area contributed by atoms with E-state index >= 15 is 0 Å². The number of nitriles is 1. The maximum atomic E-state index is 9.10. The second-order valence-electron chi connectivity index (χ2n) is 0.588. The highest BCUT2D eigenvalue weighted by Crippen LogP contribution is 1.56. The molecule has 0 aromatic heterocycles. The van der Waals surface area contributed by atoms with Gasteiger partial charge in [0.05, 0.1) is 0 Å². The third-order valence-electron chi connectivity index (χ3n) is 0.213. The Balaban J connectivity index is 3.61. The molecule has 4 heteroatoms. The molecule has 0 aromatic rings. The fourth-order valence-corrected chi connectivity index (χ4v) is 0.0204. The summed E-state index contributed by atoms with van der Waals surface area (Å²) in [5.74, 6) is -0.532.